The van der Waals surface area contributed by atoms with Crippen LogP contribution in [0.3, 0.4) is 0 Å². The summed E-state index contributed by atoms with van der Waals surface area (Å²) in [5, 5.41) is 7.12. The van der Waals surface area contributed by atoms with E-state index in [4.69, 9.17) is 14.6 Å². The number of piperidine rings is 1. The summed E-state index contributed by atoms with van der Waals surface area (Å²) in [5.41, 5.74) is 0. The number of fused-ring (bicyclic) bond motifs is 1. The molecule has 3 saturated heterocycles. The number of aromatic nitrogens is 2. The normalized spacial score (nSPS) is 26.4. The van der Waals surface area contributed by atoms with Crippen molar-refractivity contribution in [3.63, 3.8) is 0 Å². The van der Waals surface area contributed by atoms with Crippen LogP contribution >= 0.6 is 0 Å². The van der Waals surface area contributed by atoms with Crippen molar-refractivity contribution in [1.82, 2.24) is 14.9 Å². The topological polar surface area (TPSA) is 95.9 Å². The number of nitrogens with zero attached hydrogens (tertiary/aromatic N) is 4. The predicted octanol–water partition coefficient (Wildman–Crippen LogP) is 1.96. The van der Waals surface area contributed by atoms with Gasteiger partial charge in [0.2, 0.25) is 11.9 Å². The molecule has 1 N–H and O–H groups in total. The third-order valence-corrected chi connectivity index (χ3v) is 5.61. The van der Waals surface area contributed by atoms with Gasteiger partial charge in [0.15, 0.2) is 0 Å². The molecule has 0 spiro atoms. The molecule has 1 aromatic heterocycles. The number of rotatable bonds is 2. The summed E-state index contributed by atoms with van der Waals surface area (Å²) in [7, 11) is 0. The maximum absolute atomic E-state index is 12.6. The Kier molecular flexibility index (Phi) is 7.11. The van der Waals surface area contributed by atoms with Crippen LogP contribution in [-0.2, 0) is 14.3 Å². The van der Waals surface area contributed by atoms with Crippen LogP contribution in [0.5, 0.6) is 0 Å². The number of carbonyl (C=O) groups is 2. The Morgan fingerprint density at radius 1 is 1.13 bits per heavy atom. The summed E-state index contributed by atoms with van der Waals surface area (Å²) in [6.07, 6.45) is 2.99. The van der Waals surface area contributed by atoms with Gasteiger partial charge in [-0.2, -0.15) is 13.2 Å². The van der Waals surface area contributed by atoms with Crippen molar-refractivity contribution in [3.05, 3.63) is 18.5 Å². The van der Waals surface area contributed by atoms with Gasteiger partial charge in [-0.3, -0.25) is 4.79 Å². The smallest absolute Gasteiger partial charge is 0.475 e. The fourth-order valence-corrected chi connectivity index (χ4v) is 4.13. The lowest BCUT2D eigenvalue weighted by Crippen LogP contribution is -2.51. The lowest BCUT2D eigenvalue weighted by molar-refractivity contribution is -0.192. The van der Waals surface area contributed by atoms with Crippen LogP contribution < -0.4 is 4.90 Å². The minimum atomic E-state index is -5.08. The Balaban J connectivity index is 0.000000318. The minimum Gasteiger partial charge on any atom is -0.475 e. The van der Waals surface area contributed by atoms with Gasteiger partial charge in [-0.1, -0.05) is 0 Å². The van der Waals surface area contributed by atoms with E-state index < -0.39 is 12.1 Å². The second kappa shape index (κ2) is 9.59. The molecule has 0 unspecified atom stereocenters. The average Bonchev–Trinajstić information content (AvgIpc) is 3.28. The Labute approximate surface area is 172 Å². The first-order valence-corrected chi connectivity index (χ1v) is 9.98. The highest BCUT2D eigenvalue weighted by Gasteiger charge is 2.40. The molecule has 0 radical (unpaired) electrons. The van der Waals surface area contributed by atoms with Gasteiger partial charge in [-0.15, -0.1) is 0 Å². The van der Waals surface area contributed by atoms with Crippen LogP contribution in [0, 0.1) is 11.8 Å². The molecule has 1 aromatic rings. The van der Waals surface area contributed by atoms with Crippen LogP contribution in [-0.4, -0.2) is 76.9 Å². The average molecular weight is 430 g/mol. The van der Waals surface area contributed by atoms with Crippen LogP contribution in [0.25, 0.3) is 0 Å². The monoisotopic (exact) mass is 430 g/mol. The van der Waals surface area contributed by atoms with Crippen molar-refractivity contribution in [1.29, 1.82) is 0 Å². The zero-order valence-electron chi connectivity index (χ0n) is 16.4. The van der Waals surface area contributed by atoms with Crippen LogP contribution in [0.1, 0.15) is 25.7 Å². The van der Waals surface area contributed by atoms with Gasteiger partial charge in [0.1, 0.15) is 0 Å². The van der Waals surface area contributed by atoms with E-state index in [1.54, 1.807) is 12.4 Å². The van der Waals surface area contributed by atoms with E-state index in [-0.39, 0.29) is 12.0 Å². The first-order chi connectivity index (χ1) is 14.3. The van der Waals surface area contributed by atoms with E-state index in [1.807, 2.05) is 11.0 Å². The second-order valence-corrected chi connectivity index (χ2v) is 7.68. The third kappa shape index (κ3) is 5.59. The SMILES string of the molecule is O=C(O)C(F)(F)F.O=C([C@H]1CO[C@H]2CCN(c3ncccn3)C[C@H]2C1)N1CCCC1. The molecule has 3 atom stereocenters. The van der Waals surface area contributed by atoms with E-state index in [0.717, 1.165) is 57.8 Å². The molecule has 0 bridgehead atoms. The number of halogens is 3. The molecule has 8 nitrogen and oxygen atoms in total. The maximum atomic E-state index is 12.6. The Morgan fingerprint density at radius 2 is 1.77 bits per heavy atom. The largest absolute Gasteiger partial charge is 0.490 e. The highest BCUT2D eigenvalue weighted by molar-refractivity contribution is 5.79. The number of carbonyl (C=O) groups excluding carboxylic acids is 1. The minimum absolute atomic E-state index is 0.0333. The first-order valence-electron chi connectivity index (χ1n) is 9.98. The maximum Gasteiger partial charge on any atom is 0.490 e. The van der Waals surface area contributed by atoms with Crippen molar-refractivity contribution in [2.75, 3.05) is 37.7 Å². The van der Waals surface area contributed by atoms with Gasteiger partial charge in [-0.25, -0.2) is 14.8 Å². The molecule has 0 aliphatic carbocycles. The molecule has 30 heavy (non-hydrogen) atoms. The molecule has 4 rings (SSSR count). The van der Waals surface area contributed by atoms with Crippen molar-refractivity contribution < 1.29 is 32.6 Å². The summed E-state index contributed by atoms with van der Waals surface area (Å²) in [4.78, 5) is 34.5. The first kappa shape index (κ1) is 22.3. The fraction of sp³-hybridized carbons (Fsp3) is 0.684. The third-order valence-electron chi connectivity index (χ3n) is 5.61. The highest BCUT2D eigenvalue weighted by Crippen LogP contribution is 2.33. The van der Waals surface area contributed by atoms with Crippen molar-refractivity contribution in [2.45, 2.75) is 38.0 Å². The van der Waals surface area contributed by atoms with Gasteiger partial charge in [0.05, 0.1) is 18.6 Å². The van der Waals surface area contributed by atoms with Crippen molar-refractivity contribution in [2.24, 2.45) is 11.8 Å². The molecule has 166 valence electrons. The Morgan fingerprint density at radius 3 is 2.37 bits per heavy atom. The van der Waals surface area contributed by atoms with Gasteiger partial charge in [0.25, 0.3) is 0 Å². The Bertz CT molecular complexity index is 728. The summed E-state index contributed by atoms with van der Waals surface area (Å²) in [6, 6.07) is 1.84. The van der Waals surface area contributed by atoms with Crippen LogP contribution in [0.15, 0.2) is 18.5 Å². The van der Waals surface area contributed by atoms with Gasteiger partial charge in [-0.05, 0) is 31.7 Å². The summed E-state index contributed by atoms with van der Waals surface area (Å²) >= 11 is 0. The number of likely N-dealkylation sites (tertiary alicyclic amines) is 1. The summed E-state index contributed by atoms with van der Waals surface area (Å²) in [5.74, 6) is -1.23. The lowest BCUT2D eigenvalue weighted by Gasteiger charge is -2.43. The lowest BCUT2D eigenvalue weighted by atomic mass is 9.83. The standard InChI is InChI=1S/C17H24N4O2.C2HF3O2/c22-16(20-7-1-2-8-20)14-10-13-11-21(9-4-15(13)23-12-14)17-18-5-3-6-19-17;3-2(4,5)1(6)7/h3,5-6,13-15H,1-2,4,7-12H2;(H,6,7)/t13-,14-,15+;/m1./s1. The van der Waals surface area contributed by atoms with Crippen molar-refractivity contribution >= 4 is 17.8 Å². The zero-order chi connectivity index (χ0) is 21.7. The van der Waals surface area contributed by atoms with Gasteiger partial charge in [0, 0.05) is 44.5 Å². The molecule has 3 fully saturated rings. The number of hydrogen-bond donors (Lipinski definition) is 1. The molecule has 0 aromatic carbocycles. The molecule has 0 saturated carbocycles. The fourth-order valence-electron chi connectivity index (χ4n) is 4.13. The molecule has 4 heterocycles. The molecule has 3 aliphatic heterocycles. The van der Waals surface area contributed by atoms with Crippen LogP contribution in [0.4, 0.5) is 19.1 Å². The number of anilines is 1. The number of hydrogen-bond acceptors (Lipinski definition) is 6. The van der Waals surface area contributed by atoms with E-state index >= 15 is 0 Å². The number of carboxylic acids is 1. The molecule has 3 aliphatic rings. The zero-order valence-corrected chi connectivity index (χ0v) is 16.4. The highest BCUT2D eigenvalue weighted by atomic mass is 19.4. The van der Waals surface area contributed by atoms with E-state index in [9.17, 15) is 18.0 Å². The van der Waals surface area contributed by atoms with E-state index in [1.165, 1.54) is 0 Å². The molecule has 11 heteroatoms. The second-order valence-electron chi connectivity index (χ2n) is 7.68. The number of amides is 1. The van der Waals surface area contributed by atoms with E-state index in [2.05, 4.69) is 14.9 Å². The summed E-state index contributed by atoms with van der Waals surface area (Å²) in [6.45, 7) is 4.26. The number of ether oxygens (including phenoxy) is 1. The molecule has 1 amide bonds. The van der Waals surface area contributed by atoms with Crippen molar-refractivity contribution in [3.8, 4) is 0 Å². The van der Waals surface area contributed by atoms with Gasteiger partial charge < -0.3 is 19.6 Å². The molecular weight excluding hydrogens is 405 g/mol. The van der Waals surface area contributed by atoms with E-state index in [0.29, 0.717) is 18.4 Å². The van der Waals surface area contributed by atoms with Crippen LogP contribution in [0.2, 0.25) is 0 Å². The molecular formula is C19H25F3N4O4. The number of alkyl halides is 3. The Hall–Kier alpha value is -2.43. The van der Waals surface area contributed by atoms with Gasteiger partial charge >= 0.3 is 12.1 Å². The quantitative estimate of drug-likeness (QED) is 0.766. The summed E-state index contributed by atoms with van der Waals surface area (Å²) < 4.78 is 37.8. The number of carboxylic acid groups (broad SMARTS) is 1. The number of aliphatic carboxylic acids is 1. The predicted molar refractivity (Wildman–Crippen MR) is 99.7 cm³/mol.